The van der Waals surface area contributed by atoms with Crippen LogP contribution in [0, 0.1) is 5.82 Å². The van der Waals surface area contributed by atoms with Gasteiger partial charge in [0.2, 0.25) is 0 Å². The molecule has 0 bridgehead atoms. The molecule has 19 heavy (non-hydrogen) atoms. The van der Waals surface area contributed by atoms with Gasteiger partial charge in [-0.05, 0) is 29.8 Å². The molecule has 0 radical (unpaired) electrons. The molecule has 1 heterocycles. The zero-order chi connectivity index (χ0) is 13.2. The van der Waals surface area contributed by atoms with Crippen molar-refractivity contribution >= 4 is 16.7 Å². The van der Waals surface area contributed by atoms with Crippen molar-refractivity contribution in [3.05, 3.63) is 60.4 Å². The number of hydrogen-bond acceptors (Lipinski definition) is 3. The third kappa shape index (κ3) is 2.13. The fourth-order valence-electron chi connectivity index (χ4n) is 2.10. The van der Waals surface area contributed by atoms with Crippen molar-refractivity contribution in [1.29, 1.82) is 0 Å². The van der Waals surface area contributed by atoms with Gasteiger partial charge in [0, 0.05) is 10.9 Å². The first-order valence-electron chi connectivity index (χ1n) is 5.90. The van der Waals surface area contributed by atoms with Crippen molar-refractivity contribution in [1.82, 2.24) is 4.98 Å². The molecule has 4 heteroatoms. The maximum atomic E-state index is 13.3. The highest BCUT2D eigenvalue weighted by molar-refractivity contribution is 5.89. The van der Waals surface area contributed by atoms with Crippen LogP contribution in [0.1, 0.15) is 0 Å². The van der Waals surface area contributed by atoms with E-state index in [-0.39, 0.29) is 5.82 Å². The van der Waals surface area contributed by atoms with Gasteiger partial charge >= 0.3 is 0 Å². The third-order valence-electron chi connectivity index (χ3n) is 3.00. The van der Waals surface area contributed by atoms with Crippen molar-refractivity contribution in [3.63, 3.8) is 0 Å². The predicted molar refractivity (Wildman–Crippen MR) is 74.9 cm³/mol. The topological polar surface area (TPSA) is 50.9 Å². The number of halogens is 1. The van der Waals surface area contributed by atoms with E-state index >= 15 is 0 Å². The molecule has 3 nitrogen and oxygen atoms in total. The van der Waals surface area contributed by atoms with Crippen molar-refractivity contribution in [3.8, 4) is 11.1 Å². The standard InChI is InChI=1S/C15H12FN3/c16-12-6-7-14-11(8-12)9-13(15(18-14)19-17)10-4-2-1-3-5-10/h1-9H,17H2,(H,18,19). The van der Waals surface area contributed by atoms with E-state index in [1.54, 1.807) is 6.07 Å². The summed E-state index contributed by atoms with van der Waals surface area (Å²) in [6, 6.07) is 16.1. The Morgan fingerprint density at radius 2 is 1.79 bits per heavy atom. The zero-order valence-electron chi connectivity index (χ0n) is 10.1. The Balaban J connectivity index is 2.28. The number of nitrogens with zero attached hydrogens (tertiary/aromatic N) is 1. The lowest BCUT2D eigenvalue weighted by Crippen LogP contribution is -2.10. The van der Waals surface area contributed by atoms with Crippen LogP contribution in [0.2, 0.25) is 0 Å². The number of pyridine rings is 1. The fraction of sp³-hybridized carbons (Fsp3) is 0. The minimum absolute atomic E-state index is 0.276. The molecule has 0 aliphatic carbocycles. The minimum Gasteiger partial charge on any atom is -0.308 e. The lowest BCUT2D eigenvalue weighted by atomic mass is 10.0. The highest BCUT2D eigenvalue weighted by Crippen LogP contribution is 2.29. The van der Waals surface area contributed by atoms with E-state index in [9.17, 15) is 4.39 Å². The van der Waals surface area contributed by atoms with Crippen molar-refractivity contribution in [2.24, 2.45) is 5.84 Å². The number of nitrogens with one attached hydrogen (secondary N) is 1. The van der Waals surface area contributed by atoms with Gasteiger partial charge in [-0.2, -0.15) is 0 Å². The molecular weight excluding hydrogens is 241 g/mol. The number of hydrazine groups is 1. The number of nitrogen functional groups attached to an aromatic ring is 1. The molecule has 3 aromatic rings. The van der Waals surface area contributed by atoms with Crippen LogP contribution < -0.4 is 11.3 Å². The largest absolute Gasteiger partial charge is 0.308 e. The average Bonchev–Trinajstić information content (AvgIpc) is 2.46. The van der Waals surface area contributed by atoms with E-state index < -0.39 is 0 Å². The number of nitrogens with two attached hydrogens (primary N) is 1. The normalized spacial score (nSPS) is 10.6. The summed E-state index contributed by atoms with van der Waals surface area (Å²) in [5.74, 6) is 5.82. The Morgan fingerprint density at radius 3 is 2.53 bits per heavy atom. The third-order valence-corrected chi connectivity index (χ3v) is 3.00. The molecule has 0 unspecified atom stereocenters. The van der Waals surface area contributed by atoms with E-state index in [2.05, 4.69) is 10.4 Å². The quantitative estimate of drug-likeness (QED) is 0.544. The zero-order valence-corrected chi connectivity index (χ0v) is 10.1. The summed E-state index contributed by atoms with van der Waals surface area (Å²) in [6.45, 7) is 0. The van der Waals surface area contributed by atoms with Gasteiger partial charge < -0.3 is 5.43 Å². The summed E-state index contributed by atoms with van der Waals surface area (Å²) in [7, 11) is 0. The van der Waals surface area contributed by atoms with Gasteiger partial charge in [-0.15, -0.1) is 0 Å². The molecule has 0 aliphatic rings. The molecule has 0 amide bonds. The van der Waals surface area contributed by atoms with Gasteiger partial charge in [-0.3, -0.25) is 0 Å². The second kappa shape index (κ2) is 4.66. The minimum atomic E-state index is -0.276. The number of benzene rings is 2. The number of hydrogen-bond donors (Lipinski definition) is 2. The lowest BCUT2D eigenvalue weighted by Gasteiger charge is -2.10. The van der Waals surface area contributed by atoms with Gasteiger partial charge in [0.05, 0.1) is 5.52 Å². The van der Waals surface area contributed by atoms with Crippen LogP contribution in [0.3, 0.4) is 0 Å². The molecule has 0 fully saturated rings. The predicted octanol–water partition coefficient (Wildman–Crippen LogP) is 3.33. The van der Waals surface area contributed by atoms with E-state index in [4.69, 9.17) is 5.84 Å². The van der Waals surface area contributed by atoms with Crippen molar-refractivity contribution < 1.29 is 4.39 Å². The summed E-state index contributed by atoms with van der Waals surface area (Å²) in [5, 5.41) is 0.748. The maximum absolute atomic E-state index is 13.3. The summed E-state index contributed by atoms with van der Waals surface area (Å²) >= 11 is 0. The number of fused-ring (bicyclic) bond motifs is 1. The van der Waals surface area contributed by atoms with Gasteiger partial charge in [0.15, 0.2) is 0 Å². The molecule has 0 aliphatic heterocycles. The molecule has 0 saturated heterocycles. The monoisotopic (exact) mass is 253 g/mol. The van der Waals surface area contributed by atoms with Crippen LogP contribution >= 0.6 is 0 Å². The number of anilines is 1. The Labute approximate surface area is 109 Å². The molecule has 94 valence electrons. The summed E-state index contributed by atoms with van der Waals surface area (Å²) in [6.07, 6.45) is 0. The average molecular weight is 253 g/mol. The van der Waals surface area contributed by atoms with Gasteiger partial charge in [-0.1, -0.05) is 30.3 Å². The Hall–Kier alpha value is -2.46. The number of rotatable bonds is 2. The van der Waals surface area contributed by atoms with Crippen LogP contribution in [0.15, 0.2) is 54.6 Å². The van der Waals surface area contributed by atoms with Gasteiger partial charge in [0.25, 0.3) is 0 Å². The highest BCUT2D eigenvalue weighted by atomic mass is 19.1. The number of aromatic nitrogens is 1. The Morgan fingerprint density at radius 1 is 1.00 bits per heavy atom. The van der Waals surface area contributed by atoms with Crippen LogP contribution in [0.4, 0.5) is 10.2 Å². The molecular formula is C15H12FN3. The van der Waals surface area contributed by atoms with Crippen molar-refractivity contribution in [2.45, 2.75) is 0 Å². The SMILES string of the molecule is NNc1nc2ccc(F)cc2cc1-c1ccccc1. The Kier molecular flexibility index (Phi) is 2.85. The molecule has 0 saturated carbocycles. The van der Waals surface area contributed by atoms with Crippen LogP contribution in [-0.4, -0.2) is 4.98 Å². The van der Waals surface area contributed by atoms with E-state index in [0.29, 0.717) is 11.3 Å². The van der Waals surface area contributed by atoms with E-state index in [0.717, 1.165) is 16.5 Å². The Bertz CT molecular complexity index is 726. The van der Waals surface area contributed by atoms with Gasteiger partial charge in [-0.25, -0.2) is 15.2 Å². The second-order valence-corrected chi connectivity index (χ2v) is 4.23. The van der Waals surface area contributed by atoms with Crippen molar-refractivity contribution in [2.75, 3.05) is 5.43 Å². The first-order chi connectivity index (χ1) is 9.28. The lowest BCUT2D eigenvalue weighted by molar-refractivity contribution is 0.629. The summed E-state index contributed by atoms with van der Waals surface area (Å²) < 4.78 is 13.3. The van der Waals surface area contributed by atoms with Crippen LogP contribution in [-0.2, 0) is 0 Å². The first kappa shape index (κ1) is 11.6. The smallest absolute Gasteiger partial charge is 0.148 e. The van der Waals surface area contributed by atoms with E-state index in [1.807, 2.05) is 36.4 Å². The maximum Gasteiger partial charge on any atom is 0.148 e. The fourth-order valence-corrected chi connectivity index (χ4v) is 2.10. The van der Waals surface area contributed by atoms with Crippen LogP contribution in [0.5, 0.6) is 0 Å². The molecule has 2 aromatic carbocycles. The highest BCUT2D eigenvalue weighted by Gasteiger charge is 2.08. The summed E-state index contributed by atoms with van der Waals surface area (Å²) in [4.78, 5) is 4.41. The molecule has 3 rings (SSSR count). The summed E-state index contributed by atoms with van der Waals surface area (Å²) in [5.41, 5.74) is 5.13. The van der Waals surface area contributed by atoms with Crippen LogP contribution in [0.25, 0.3) is 22.0 Å². The molecule has 3 N–H and O–H groups in total. The molecule has 0 spiro atoms. The first-order valence-corrected chi connectivity index (χ1v) is 5.90. The van der Waals surface area contributed by atoms with E-state index in [1.165, 1.54) is 12.1 Å². The molecule has 0 atom stereocenters. The molecule has 1 aromatic heterocycles. The second-order valence-electron chi connectivity index (χ2n) is 4.23. The van der Waals surface area contributed by atoms with Gasteiger partial charge in [0.1, 0.15) is 11.6 Å².